The van der Waals surface area contributed by atoms with Crippen molar-refractivity contribution in [3.63, 3.8) is 0 Å². The molecule has 1 unspecified atom stereocenters. The Kier molecular flexibility index (Phi) is 15.8. The van der Waals surface area contributed by atoms with Crippen molar-refractivity contribution >= 4 is 41.2 Å². The molecule has 1 saturated heterocycles. The van der Waals surface area contributed by atoms with E-state index in [1.807, 2.05) is 54.6 Å². The number of hydroxylamine groups is 1. The number of aliphatic hydroxyl groups is 1. The van der Waals surface area contributed by atoms with Gasteiger partial charge in [-0.3, -0.25) is 19.2 Å². The van der Waals surface area contributed by atoms with Crippen LogP contribution >= 0.6 is 0 Å². The molecule has 0 radical (unpaired) electrons. The largest absolute Gasteiger partial charge is 0.493 e. The number of carbonyl (C=O) groups excluding carboxylic acids is 5. The van der Waals surface area contributed by atoms with Crippen LogP contribution in [0.15, 0.2) is 104 Å². The maximum Gasteiger partial charge on any atom is 0.353 e. The number of methoxy groups -OCH3 is 2. The number of hydrogen-bond donors (Lipinski definition) is 4. The van der Waals surface area contributed by atoms with Crippen molar-refractivity contribution in [1.82, 2.24) is 10.4 Å². The van der Waals surface area contributed by atoms with Gasteiger partial charge in [0.05, 0.1) is 32.7 Å². The van der Waals surface area contributed by atoms with Gasteiger partial charge in [-0.15, -0.1) is 0 Å². The topological polar surface area (TPSA) is 216 Å². The second-order valence-corrected chi connectivity index (χ2v) is 16.8. The average Bonchev–Trinajstić information content (AvgIpc) is 3.64. The van der Waals surface area contributed by atoms with Gasteiger partial charge in [-0.25, -0.2) is 14.4 Å². The summed E-state index contributed by atoms with van der Waals surface area (Å²) in [6.07, 6.45) is 0.997. The number of fused-ring (bicyclic) bond motifs is 3. The lowest BCUT2D eigenvalue weighted by molar-refractivity contribution is -0.187. The predicted octanol–water partition coefficient (Wildman–Crippen LogP) is 6.06. The van der Waals surface area contributed by atoms with Gasteiger partial charge in [0.25, 0.3) is 5.91 Å². The van der Waals surface area contributed by atoms with Crippen molar-refractivity contribution in [2.45, 2.75) is 76.2 Å². The zero-order valence-electron chi connectivity index (χ0n) is 37.4. The van der Waals surface area contributed by atoms with Gasteiger partial charge in [0.1, 0.15) is 18.8 Å². The van der Waals surface area contributed by atoms with Crippen molar-refractivity contribution < 1.29 is 62.8 Å². The molecule has 4 N–H and O–H groups in total. The van der Waals surface area contributed by atoms with E-state index in [-0.39, 0.29) is 44.2 Å². The summed E-state index contributed by atoms with van der Waals surface area (Å²) in [7, 11) is 3.03. The molecule has 4 aromatic carbocycles. The van der Waals surface area contributed by atoms with E-state index >= 15 is 0 Å². The van der Waals surface area contributed by atoms with Crippen LogP contribution in [0.5, 0.6) is 11.5 Å². The molecule has 1 heterocycles. The molecule has 0 saturated carbocycles. The molecule has 1 aliphatic carbocycles. The minimum absolute atomic E-state index is 0.0367. The quantitative estimate of drug-likeness (QED) is 0.0246. The van der Waals surface area contributed by atoms with Crippen LogP contribution in [0.1, 0.15) is 80.2 Å². The smallest absolute Gasteiger partial charge is 0.353 e. The summed E-state index contributed by atoms with van der Waals surface area (Å²) >= 11 is 0. The Morgan fingerprint density at radius 2 is 1.56 bits per heavy atom. The molecule has 16 nitrogen and oxygen atoms in total. The van der Waals surface area contributed by atoms with E-state index < -0.39 is 65.2 Å². The number of benzene rings is 4. The monoisotopic (exact) mass is 905 g/mol. The number of ether oxygens (including phenoxy) is 4. The molecule has 348 valence electrons. The highest BCUT2D eigenvalue weighted by Gasteiger charge is 2.43. The Morgan fingerprint density at radius 1 is 0.879 bits per heavy atom. The van der Waals surface area contributed by atoms with Gasteiger partial charge in [-0.2, -0.15) is 5.48 Å². The molecule has 16 heteroatoms. The number of aliphatic carboxylic acids is 1. The first-order valence-corrected chi connectivity index (χ1v) is 21.6. The summed E-state index contributed by atoms with van der Waals surface area (Å²) in [5.41, 5.74) is 3.50. The van der Waals surface area contributed by atoms with E-state index in [2.05, 4.69) is 17.4 Å². The second kappa shape index (κ2) is 21.4. The van der Waals surface area contributed by atoms with Crippen LogP contribution in [0.2, 0.25) is 0 Å². The van der Waals surface area contributed by atoms with Crippen molar-refractivity contribution in [2.24, 2.45) is 5.41 Å². The molecular weight excluding hydrogens is 851 g/mol. The SMILES string of the molecule is C=CC(=O)OCC(C)(C)C(=O)C(=O)N1CCCC[C@H]1C(=O)O[C@H](CCc1ccc(OC)c(OC)c1)c1cccc(NC(=O)CC(O)(NOCC2c3ccccc3-c3ccccc32)C(=O)O)c1. The number of esters is 2. The molecule has 1 fully saturated rings. The first-order valence-electron chi connectivity index (χ1n) is 21.6. The zero-order chi connectivity index (χ0) is 47.6. The Labute approximate surface area is 382 Å². The Hall–Kier alpha value is -6.88. The number of carboxylic acids is 1. The summed E-state index contributed by atoms with van der Waals surface area (Å²) in [5.74, 6) is -5.09. The van der Waals surface area contributed by atoms with E-state index in [4.69, 9.17) is 23.8 Å². The molecule has 0 aromatic heterocycles. The van der Waals surface area contributed by atoms with Crippen LogP contribution in [0, 0.1) is 5.41 Å². The molecule has 2 amide bonds. The third kappa shape index (κ3) is 11.3. The number of aryl methyl sites for hydroxylation is 1. The van der Waals surface area contributed by atoms with Crippen molar-refractivity contribution in [3.8, 4) is 22.6 Å². The van der Waals surface area contributed by atoms with Crippen LogP contribution in [0.25, 0.3) is 11.1 Å². The molecule has 4 aromatic rings. The number of carboxylic acid groups (broad SMARTS) is 1. The summed E-state index contributed by atoms with van der Waals surface area (Å²) in [5, 5.41) is 23.9. The Bertz CT molecular complexity index is 2420. The van der Waals surface area contributed by atoms with E-state index in [0.29, 0.717) is 36.3 Å². The Morgan fingerprint density at radius 3 is 2.21 bits per heavy atom. The summed E-state index contributed by atoms with van der Waals surface area (Å²) in [6, 6.07) is 26.3. The third-order valence-corrected chi connectivity index (χ3v) is 11.8. The fourth-order valence-corrected chi connectivity index (χ4v) is 8.16. The molecular formula is C50H55N3O13. The molecule has 1 aliphatic heterocycles. The van der Waals surface area contributed by atoms with Crippen molar-refractivity contribution in [1.29, 1.82) is 0 Å². The van der Waals surface area contributed by atoms with Crippen LogP contribution in [0.4, 0.5) is 5.69 Å². The minimum Gasteiger partial charge on any atom is -0.493 e. The van der Waals surface area contributed by atoms with Gasteiger partial charge in [-0.1, -0.05) is 73.3 Å². The lowest BCUT2D eigenvalue weighted by Gasteiger charge is -2.36. The lowest BCUT2D eigenvalue weighted by Crippen LogP contribution is -2.54. The summed E-state index contributed by atoms with van der Waals surface area (Å²) in [6.45, 7) is 6.00. The third-order valence-electron chi connectivity index (χ3n) is 11.8. The maximum absolute atomic E-state index is 14.2. The fraction of sp³-hybridized carbons (Fsp3) is 0.360. The molecule has 6 rings (SSSR count). The minimum atomic E-state index is -2.81. The number of nitrogens with zero attached hydrogens (tertiary/aromatic N) is 1. The highest BCUT2D eigenvalue weighted by Crippen LogP contribution is 2.44. The normalized spacial score (nSPS) is 15.8. The van der Waals surface area contributed by atoms with Gasteiger partial charge >= 0.3 is 17.9 Å². The number of likely N-dealkylation sites (tertiary alicyclic amines) is 1. The number of amides is 2. The number of ketones is 1. The average molecular weight is 906 g/mol. The molecule has 3 atom stereocenters. The van der Waals surface area contributed by atoms with E-state index in [1.54, 1.807) is 36.4 Å². The molecule has 66 heavy (non-hydrogen) atoms. The number of Topliss-reactive ketones (excluding diaryl/α,β-unsaturated/α-hetero) is 1. The highest BCUT2D eigenvalue weighted by molar-refractivity contribution is 6.38. The van der Waals surface area contributed by atoms with Crippen LogP contribution in [0.3, 0.4) is 0 Å². The number of rotatable bonds is 21. The first-order chi connectivity index (χ1) is 31.6. The zero-order valence-corrected chi connectivity index (χ0v) is 37.4. The van der Waals surface area contributed by atoms with Crippen molar-refractivity contribution in [3.05, 3.63) is 126 Å². The standard InChI is InChI=1S/C50H55N3O13/c1-6-44(55)64-30-49(2,3)45(56)46(57)53-25-12-11-20-39(53)47(58)66-40(23-21-31-22-24-41(62-4)42(26-31)63-5)32-14-13-15-33(27-32)51-43(54)28-50(61,48(59)60)52-65-29-38-36-18-9-7-16-34(36)35-17-8-10-19-37(35)38/h6-10,13-19,22,24,26-27,38-40,52,61H,1,11-12,20-21,23,25,28-30H2,2-5H3,(H,51,54)(H,59,60)/t39-,40+,50?/m0/s1. The first kappa shape index (κ1) is 48.6. The van der Waals surface area contributed by atoms with Gasteiger partial charge in [-0.05, 0) is 104 Å². The van der Waals surface area contributed by atoms with Gasteiger partial charge in [0, 0.05) is 24.2 Å². The highest BCUT2D eigenvalue weighted by atomic mass is 16.7. The van der Waals surface area contributed by atoms with Gasteiger partial charge in [0.15, 0.2) is 11.5 Å². The number of piperidine rings is 1. The van der Waals surface area contributed by atoms with E-state index in [1.165, 1.54) is 33.0 Å². The predicted molar refractivity (Wildman–Crippen MR) is 241 cm³/mol. The van der Waals surface area contributed by atoms with Gasteiger partial charge < -0.3 is 39.4 Å². The summed E-state index contributed by atoms with van der Waals surface area (Å²) in [4.78, 5) is 85.8. The molecule has 2 aliphatic rings. The number of nitrogens with one attached hydrogen (secondary N) is 2. The van der Waals surface area contributed by atoms with E-state index in [0.717, 1.165) is 33.9 Å². The van der Waals surface area contributed by atoms with Crippen LogP contribution in [-0.2, 0) is 49.5 Å². The second-order valence-electron chi connectivity index (χ2n) is 16.8. The molecule has 0 spiro atoms. The maximum atomic E-state index is 14.2. The number of hydrogen-bond acceptors (Lipinski definition) is 13. The number of carbonyl (C=O) groups is 6. The summed E-state index contributed by atoms with van der Waals surface area (Å²) < 4.78 is 22.1. The molecule has 0 bridgehead atoms. The fourth-order valence-electron chi connectivity index (χ4n) is 8.16. The lowest BCUT2D eigenvalue weighted by atomic mass is 9.87. The van der Waals surface area contributed by atoms with Gasteiger partial charge in [0.2, 0.25) is 17.4 Å². The van der Waals surface area contributed by atoms with E-state index in [9.17, 15) is 39.0 Å². The van der Waals surface area contributed by atoms with Crippen molar-refractivity contribution in [2.75, 3.05) is 39.3 Å². The Balaban J connectivity index is 1.17. The van der Waals surface area contributed by atoms with Crippen LogP contribution < -0.4 is 20.3 Å². The number of anilines is 1. The van der Waals surface area contributed by atoms with Crippen LogP contribution in [-0.4, -0.2) is 96.4 Å².